The van der Waals surface area contributed by atoms with Crippen molar-refractivity contribution in [2.75, 3.05) is 0 Å². The maximum absolute atomic E-state index is 13.8. The summed E-state index contributed by atoms with van der Waals surface area (Å²) in [6.45, 7) is 4.20. The molecule has 5 rings (SSSR count). The van der Waals surface area contributed by atoms with Crippen molar-refractivity contribution >= 4 is 33.3 Å². The lowest BCUT2D eigenvalue weighted by Crippen LogP contribution is -2.22. The summed E-state index contributed by atoms with van der Waals surface area (Å²) in [4.78, 5) is 21.1. The molecule has 0 spiro atoms. The van der Waals surface area contributed by atoms with E-state index in [0.717, 1.165) is 46.1 Å². The summed E-state index contributed by atoms with van der Waals surface area (Å²) < 4.78 is 1.83. The third kappa shape index (κ3) is 3.50. The molecule has 4 aromatic rings. The van der Waals surface area contributed by atoms with Crippen LogP contribution >= 0.6 is 23.1 Å². The van der Waals surface area contributed by atoms with Gasteiger partial charge in [0.2, 0.25) is 0 Å². The van der Waals surface area contributed by atoms with Gasteiger partial charge in [-0.15, -0.1) is 11.3 Å². The van der Waals surface area contributed by atoms with Crippen molar-refractivity contribution in [3.63, 3.8) is 0 Å². The van der Waals surface area contributed by atoms with Gasteiger partial charge in [-0.05, 0) is 68.4 Å². The van der Waals surface area contributed by atoms with E-state index in [0.29, 0.717) is 0 Å². The van der Waals surface area contributed by atoms with Crippen LogP contribution in [0, 0.1) is 13.8 Å². The molecule has 152 valence electrons. The van der Waals surface area contributed by atoms with E-state index in [9.17, 15) is 4.79 Å². The standard InChI is InChI=1S/C25H24N2OS2/c1-16-11-13-19(14-12-16)27-24(28)22-20-9-5-6-10-21(20)30-23(22)26-25(27)29-15-18-8-4-3-7-17(18)2/h3-4,7-8,11-14H,5-6,9-10,15H2,1-2H3. The molecular formula is C25H24N2OS2. The lowest BCUT2D eigenvalue weighted by Gasteiger charge is -2.14. The zero-order valence-electron chi connectivity index (χ0n) is 17.3. The van der Waals surface area contributed by atoms with Crippen LogP contribution in [-0.2, 0) is 18.6 Å². The predicted molar refractivity (Wildman–Crippen MR) is 127 cm³/mol. The number of nitrogens with zero attached hydrogens (tertiary/aromatic N) is 2. The molecule has 0 radical (unpaired) electrons. The summed E-state index contributed by atoms with van der Waals surface area (Å²) in [7, 11) is 0. The Balaban J connectivity index is 1.67. The Morgan fingerprint density at radius 3 is 2.60 bits per heavy atom. The highest BCUT2D eigenvalue weighted by molar-refractivity contribution is 7.98. The molecule has 2 heterocycles. The van der Waals surface area contributed by atoms with Crippen LogP contribution < -0.4 is 5.56 Å². The fourth-order valence-corrected chi connectivity index (χ4v) is 6.51. The third-order valence-corrected chi connectivity index (χ3v) is 8.04. The molecule has 0 saturated carbocycles. The van der Waals surface area contributed by atoms with E-state index in [-0.39, 0.29) is 5.56 Å². The highest BCUT2D eigenvalue weighted by Gasteiger charge is 2.23. The van der Waals surface area contributed by atoms with E-state index in [2.05, 4.69) is 50.2 Å². The van der Waals surface area contributed by atoms with Gasteiger partial charge in [0.15, 0.2) is 5.16 Å². The Bertz CT molecular complexity index is 1290. The first-order valence-electron chi connectivity index (χ1n) is 10.4. The van der Waals surface area contributed by atoms with Crippen molar-refractivity contribution in [3.05, 3.63) is 86.0 Å². The number of thioether (sulfide) groups is 1. The van der Waals surface area contributed by atoms with Crippen molar-refractivity contribution in [2.45, 2.75) is 50.4 Å². The Morgan fingerprint density at radius 1 is 1.03 bits per heavy atom. The lowest BCUT2D eigenvalue weighted by molar-refractivity contribution is 0.699. The van der Waals surface area contributed by atoms with Crippen LogP contribution in [0.4, 0.5) is 0 Å². The second-order valence-electron chi connectivity index (χ2n) is 7.98. The van der Waals surface area contributed by atoms with Gasteiger partial charge in [0.05, 0.1) is 11.1 Å². The number of hydrogen-bond donors (Lipinski definition) is 0. The topological polar surface area (TPSA) is 34.9 Å². The van der Waals surface area contributed by atoms with Gasteiger partial charge < -0.3 is 0 Å². The van der Waals surface area contributed by atoms with Crippen LogP contribution in [0.3, 0.4) is 0 Å². The van der Waals surface area contributed by atoms with Crippen LogP contribution in [0.1, 0.15) is 40.0 Å². The van der Waals surface area contributed by atoms with E-state index in [4.69, 9.17) is 4.98 Å². The SMILES string of the molecule is Cc1ccc(-n2c(SCc3ccccc3C)nc3sc4c(c3c2=O)CCCC4)cc1. The first-order valence-corrected chi connectivity index (χ1v) is 12.2. The molecular weight excluding hydrogens is 408 g/mol. The maximum Gasteiger partial charge on any atom is 0.267 e. The number of hydrogen-bond acceptors (Lipinski definition) is 4. The minimum absolute atomic E-state index is 0.0792. The van der Waals surface area contributed by atoms with Gasteiger partial charge in [-0.1, -0.05) is 53.7 Å². The quantitative estimate of drug-likeness (QED) is 0.283. The van der Waals surface area contributed by atoms with E-state index in [1.807, 2.05) is 16.7 Å². The van der Waals surface area contributed by atoms with Crippen LogP contribution in [0.2, 0.25) is 0 Å². The average Bonchev–Trinajstić information content (AvgIpc) is 3.13. The van der Waals surface area contributed by atoms with E-state index >= 15 is 0 Å². The number of fused-ring (bicyclic) bond motifs is 3. The van der Waals surface area contributed by atoms with E-state index < -0.39 is 0 Å². The molecule has 1 aliphatic rings. The molecule has 0 saturated heterocycles. The molecule has 5 heteroatoms. The van der Waals surface area contributed by atoms with Gasteiger partial charge >= 0.3 is 0 Å². The van der Waals surface area contributed by atoms with Gasteiger partial charge in [-0.3, -0.25) is 9.36 Å². The Kier molecular flexibility index (Phi) is 5.25. The number of aryl methyl sites for hydroxylation is 4. The summed E-state index contributed by atoms with van der Waals surface area (Å²) in [5.74, 6) is 0.793. The molecule has 0 unspecified atom stereocenters. The van der Waals surface area contributed by atoms with E-state index in [1.54, 1.807) is 23.1 Å². The minimum atomic E-state index is 0.0792. The van der Waals surface area contributed by atoms with Crippen LogP contribution in [-0.4, -0.2) is 9.55 Å². The maximum atomic E-state index is 13.8. The first-order chi connectivity index (χ1) is 14.6. The molecule has 2 aromatic carbocycles. The average molecular weight is 433 g/mol. The van der Waals surface area contributed by atoms with Crippen LogP contribution in [0.25, 0.3) is 15.9 Å². The first kappa shape index (κ1) is 19.6. The zero-order valence-corrected chi connectivity index (χ0v) is 18.9. The number of aromatic nitrogens is 2. The third-order valence-electron chi connectivity index (χ3n) is 5.87. The molecule has 2 aromatic heterocycles. The second kappa shape index (κ2) is 8.05. The van der Waals surface area contributed by atoms with Crippen molar-refractivity contribution in [1.29, 1.82) is 0 Å². The molecule has 0 fully saturated rings. The number of benzene rings is 2. The molecule has 1 aliphatic carbocycles. The Hall–Kier alpha value is -2.37. The molecule has 0 bridgehead atoms. The Labute approximate surface area is 184 Å². The largest absolute Gasteiger partial charge is 0.268 e. The normalized spacial score (nSPS) is 13.5. The van der Waals surface area contributed by atoms with Gasteiger partial charge in [0.1, 0.15) is 4.83 Å². The fourth-order valence-electron chi connectivity index (χ4n) is 4.12. The zero-order chi connectivity index (χ0) is 20.7. The summed E-state index contributed by atoms with van der Waals surface area (Å²) in [6.07, 6.45) is 4.44. The summed E-state index contributed by atoms with van der Waals surface area (Å²) in [6, 6.07) is 16.6. The number of thiophene rings is 1. The second-order valence-corrected chi connectivity index (χ2v) is 10.0. The molecule has 0 N–H and O–H groups in total. The summed E-state index contributed by atoms with van der Waals surface area (Å²) >= 11 is 3.37. The van der Waals surface area contributed by atoms with Crippen molar-refractivity contribution in [1.82, 2.24) is 9.55 Å². The highest BCUT2D eigenvalue weighted by Crippen LogP contribution is 2.35. The predicted octanol–water partition coefficient (Wildman–Crippen LogP) is 6.24. The highest BCUT2D eigenvalue weighted by atomic mass is 32.2. The van der Waals surface area contributed by atoms with Gasteiger partial charge in [0, 0.05) is 10.6 Å². The molecule has 30 heavy (non-hydrogen) atoms. The van der Waals surface area contributed by atoms with Crippen LogP contribution in [0.5, 0.6) is 0 Å². The molecule has 0 atom stereocenters. The number of rotatable bonds is 4. The van der Waals surface area contributed by atoms with Gasteiger partial charge in [0.25, 0.3) is 5.56 Å². The minimum Gasteiger partial charge on any atom is -0.268 e. The molecule has 0 aliphatic heterocycles. The van der Waals surface area contributed by atoms with Gasteiger partial charge in [-0.2, -0.15) is 0 Å². The molecule has 0 amide bonds. The van der Waals surface area contributed by atoms with Crippen LogP contribution in [0.15, 0.2) is 58.5 Å². The summed E-state index contributed by atoms with van der Waals surface area (Å²) in [5.41, 5.74) is 5.94. The van der Waals surface area contributed by atoms with Crippen molar-refractivity contribution in [2.24, 2.45) is 0 Å². The van der Waals surface area contributed by atoms with E-state index in [1.165, 1.54) is 33.6 Å². The smallest absolute Gasteiger partial charge is 0.267 e. The van der Waals surface area contributed by atoms with Gasteiger partial charge in [-0.25, -0.2) is 4.98 Å². The fraction of sp³-hybridized carbons (Fsp3) is 0.280. The Morgan fingerprint density at radius 2 is 1.80 bits per heavy atom. The lowest BCUT2D eigenvalue weighted by atomic mass is 9.97. The molecule has 3 nitrogen and oxygen atoms in total. The van der Waals surface area contributed by atoms with Crippen molar-refractivity contribution in [3.8, 4) is 5.69 Å². The summed E-state index contributed by atoms with van der Waals surface area (Å²) in [5, 5.41) is 1.62. The van der Waals surface area contributed by atoms with Crippen molar-refractivity contribution < 1.29 is 0 Å². The monoisotopic (exact) mass is 432 g/mol.